The SMILES string of the molecule is COc1ccc(NC(=O)c2ccnc(Nc3cccc(C(C)=O)c3)n2)cc1Cl. The Hall–Kier alpha value is -3.45. The third kappa shape index (κ3) is 4.63. The second-order valence-electron chi connectivity index (χ2n) is 5.83. The summed E-state index contributed by atoms with van der Waals surface area (Å²) < 4.78 is 5.09. The number of hydrogen-bond donors (Lipinski definition) is 2. The number of nitrogens with one attached hydrogen (secondary N) is 2. The van der Waals surface area contributed by atoms with Crippen LogP contribution in [-0.2, 0) is 0 Å². The van der Waals surface area contributed by atoms with Crippen molar-refractivity contribution in [3.63, 3.8) is 0 Å². The van der Waals surface area contributed by atoms with E-state index in [-0.39, 0.29) is 17.4 Å². The van der Waals surface area contributed by atoms with Crippen LogP contribution in [0.1, 0.15) is 27.8 Å². The fourth-order valence-corrected chi connectivity index (χ4v) is 2.69. The van der Waals surface area contributed by atoms with Crippen LogP contribution in [0.4, 0.5) is 17.3 Å². The maximum absolute atomic E-state index is 12.5. The van der Waals surface area contributed by atoms with E-state index < -0.39 is 5.91 Å². The van der Waals surface area contributed by atoms with Gasteiger partial charge in [-0.1, -0.05) is 23.7 Å². The second kappa shape index (κ2) is 8.49. The molecule has 7 nitrogen and oxygen atoms in total. The summed E-state index contributed by atoms with van der Waals surface area (Å²) in [7, 11) is 1.51. The molecule has 28 heavy (non-hydrogen) atoms. The monoisotopic (exact) mass is 396 g/mol. The highest BCUT2D eigenvalue weighted by molar-refractivity contribution is 6.32. The Labute approximate surface area is 166 Å². The number of amides is 1. The van der Waals surface area contributed by atoms with E-state index in [0.29, 0.717) is 27.7 Å². The number of halogens is 1. The van der Waals surface area contributed by atoms with Gasteiger partial charge >= 0.3 is 0 Å². The highest BCUT2D eigenvalue weighted by Gasteiger charge is 2.11. The highest BCUT2D eigenvalue weighted by atomic mass is 35.5. The average molecular weight is 397 g/mol. The molecule has 3 aromatic rings. The van der Waals surface area contributed by atoms with E-state index in [4.69, 9.17) is 16.3 Å². The lowest BCUT2D eigenvalue weighted by Gasteiger charge is -2.09. The zero-order valence-electron chi connectivity index (χ0n) is 15.2. The maximum atomic E-state index is 12.5. The number of hydrogen-bond acceptors (Lipinski definition) is 6. The van der Waals surface area contributed by atoms with Crippen LogP contribution in [0.15, 0.2) is 54.7 Å². The first-order valence-electron chi connectivity index (χ1n) is 8.32. The summed E-state index contributed by atoms with van der Waals surface area (Å²) in [4.78, 5) is 32.3. The first-order valence-corrected chi connectivity index (χ1v) is 8.70. The molecule has 0 aliphatic rings. The topological polar surface area (TPSA) is 93.2 Å². The van der Waals surface area contributed by atoms with Crippen molar-refractivity contribution in [1.82, 2.24) is 9.97 Å². The van der Waals surface area contributed by atoms with E-state index in [1.165, 1.54) is 26.3 Å². The van der Waals surface area contributed by atoms with E-state index in [1.54, 1.807) is 42.5 Å². The van der Waals surface area contributed by atoms with E-state index in [0.717, 1.165) is 0 Å². The first-order chi connectivity index (χ1) is 13.5. The van der Waals surface area contributed by atoms with Crippen LogP contribution in [0.25, 0.3) is 0 Å². The van der Waals surface area contributed by atoms with Gasteiger partial charge < -0.3 is 15.4 Å². The van der Waals surface area contributed by atoms with Gasteiger partial charge in [-0.2, -0.15) is 0 Å². The lowest BCUT2D eigenvalue weighted by atomic mass is 10.1. The van der Waals surface area contributed by atoms with Crippen molar-refractivity contribution in [2.45, 2.75) is 6.92 Å². The van der Waals surface area contributed by atoms with Crippen LogP contribution in [-0.4, -0.2) is 28.8 Å². The molecular formula is C20H17ClN4O3. The number of ketones is 1. The van der Waals surface area contributed by atoms with Crippen LogP contribution >= 0.6 is 11.6 Å². The third-order valence-electron chi connectivity index (χ3n) is 3.82. The van der Waals surface area contributed by atoms with Crippen LogP contribution < -0.4 is 15.4 Å². The molecule has 1 amide bonds. The number of aromatic nitrogens is 2. The summed E-state index contributed by atoms with van der Waals surface area (Å²) in [5, 5.41) is 6.10. The van der Waals surface area contributed by atoms with Crippen molar-refractivity contribution >= 4 is 40.6 Å². The first kappa shape index (κ1) is 19.3. The fourth-order valence-electron chi connectivity index (χ4n) is 2.43. The number of carbonyl (C=O) groups is 2. The molecule has 8 heteroatoms. The number of benzene rings is 2. The minimum absolute atomic E-state index is 0.0455. The van der Waals surface area contributed by atoms with E-state index >= 15 is 0 Å². The lowest BCUT2D eigenvalue weighted by Crippen LogP contribution is -2.14. The van der Waals surface area contributed by atoms with Crippen LogP contribution in [0.2, 0.25) is 5.02 Å². The van der Waals surface area contributed by atoms with Crippen LogP contribution in [0, 0.1) is 0 Å². The van der Waals surface area contributed by atoms with Gasteiger partial charge in [-0.3, -0.25) is 9.59 Å². The van der Waals surface area contributed by atoms with Crippen LogP contribution in [0.3, 0.4) is 0 Å². The summed E-state index contributed by atoms with van der Waals surface area (Å²) in [6.07, 6.45) is 1.47. The van der Waals surface area contributed by atoms with Gasteiger partial charge in [0.25, 0.3) is 5.91 Å². The molecule has 1 aromatic heterocycles. The molecule has 2 aromatic carbocycles. The van der Waals surface area contributed by atoms with Crippen molar-refractivity contribution in [2.24, 2.45) is 0 Å². The summed E-state index contributed by atoms with van der Waals surface area (Å²) >= 11 is 6.07. The lowest BCUT2D eigenvalue weighted by molar-refractivity contribution is 0.101. The van der Waals surface area contributed by atoms with Gasteiger partial charge in [0.15, 0.2) is 5.78 Å². The molecule has 0 unspecified atom stereocenters. The van der Waals surface area contributed by atoms with E-state index in [2.05, 4.69) is 20.6 Å². The van der Waals surface area contributed by atoms with Crippen LogP contribution in [0.5, 0.6) is 5.75 Å². The average Bonchev–Trinajstić information content (AvgIpc) is 2.68. The smallest absolute Gasteiger partial charge is 0.274 e. The Bertz CT molecular complexity index is 1040. The zero-order chi connectivity index (χ0) is 20.1. The highest BCUT2D eigenvalue weighted by Crippen LogP contribution is 2.27. The van der Waals surface area contributed by atoms with Gasteiger partial charge in [0, 0.05) is 23.1 Å². The standard InChI is InChI=1S/C20H17ClN4O3/c1-12(26)13-4-3-5-14(10-13)24-20-22-9-8-17(25-20)19(27)23-15-6-7-18(28-2)16(21)11-15/h3-11H,1-2H3,(H,23,27)(H,22,24,25). The molecule has 0 atom stereocenters. The molecule has 0 spiro atoms. The summed E-state index contributed by atoms with van der Waals surface area (Å²) in [6.45, 7) is 1.49. The molecule has 0 saturated heterocycles. The van der Waals surface area contributed by atoms with Gasteiger partial charge in [0.05, 0.1) is 12.1 Å². The quantitative estimate of drug-likeness (QED) is 0.602. The van der Waals surface area contributed by atoms with E-state index in [9.17, 15) is 9.59 Å². The molecule has 0 saturated carbocycles. The molecule has 2 N–H and O–H groups in total. The largest absolute Gasteiger partial charge is 0.495 e. The molecule has 0 bridgehead atoms. The maximum Gasteiger partial charge on any atom is 0.274 e. The van der Waals surface area contributed by atoms with Gasteiger partial charge in [-0.25, -0.2) is 9.97 Å². The van der Waals surface area contributed by atoms with Crippen molar-refractivity contribution in [2.75, 3.05) is 17.7 Å². The van der Waals surface area contributed by atoms with Crippen molar-refractivity contribution in [3.8, 4) is 5.75 Å². The molecule has 0 aliphatic heterocycles. The zero-order valence-corrected chi connectivity index (χ0v) is 15.9. The normalized spacial score (nSPS) is 10.2. The number of methoxy groups -OCH3 is 1. The molecular weight excluding hydrogens is 380 g/mol. The summed E-state index contributed by atoms with van der Waals surface area (Å²) in [5.41, 5.74) is 1.90. The fraction of sp³-hybridized carbons (Fsp3) is 0.100. The minimum atomic E-state index is -0.413. The molecule has 1 heterocycles. The van der Waals surface area contributed by atoms with Gasteiger partial charge in [-0.15, -0.1) is 0 Å². The Balaban J connectivity index is 1.75. The van der Waals surface area contributed by atoms with E-state index in [1.807, 2.05) is 0 Å². The molecule has 0 fully saturated rings. The van der Waals surface area contributed by atoms with Crippen molar-refractivity contribution in [1.29, 1.82) is 0 Å². The number of nitrogens with zero attached hydrogens (tertiary/aromatic N) is 2. The summed E-state index contributed by atoms with van der Waals surface area (Å²) in [5.74, 6) is 0.294. The van der Waals surface area contributed by atoms with Gasteiger partial charge in [-0.05, 0) is 43.3 Å². The number of rotatable bonds is 6. The molecule has 0 radical (unpaired) electrons. The number of ether oxygens (including phenoxy) is 1. The second-order valence-corrected chi connectivity index (χ2v) is 6.24. The Morgan fingerprint density at radius 3 is 2.61 bits per heavy atom. The third-order valence-corrected chi connectivity index (χ3v) is 4.12. The molecule has 142 valence electrons. The predicted octanol–water partition coefficient (Wildman–Crippen LogP) is 4.34. The Kier molecular flexibility index (Phi) is 5.86. The van der Waals surface area contributed by atoms with Crippen molar-refractivity contribution < 1.29 is 14.3 Å². The predicted molar refractivity (Wildman–Crippen MR) is 108 cm³/mol. The van der Waals surface area contributed by atoms with Crippen molar-refractivity contribution in [3.05, 3.63) is 71.0 Å². The minimum Gasteiger partial charge on any atom is -0.495 e. The van der Waals surface area contributed by atoms with Gasteiger partial charge in [0.2, 0.25) is 5.95 Å². The number of Topliss-reactive ketones (excluding diaryl/α,β-unsaturated/α-hetero) is 1. The van der Waals surface area contributed by atoms with Gasteiger partial charge in [0.1, 0.15) is 11.4 Å². The number of carbonyl (C=O) groups excluding carboxylic acids is 2. The summed E-state index contributed by atoms with van der Waals surface area (Å²) in [6, 6.07) is 13.4. The number of anilines is 3. The Morgan fingerprint density at radius 2 is 1.89 bits per heavy atom. The molecule has 0 aliphatic carbocycles. The molecule has 3 rings (SSSR count). The Morgan fingerprint density at radius 1 is 1.07 bits per heavy atom.